The van der Waals surface area contributed by atoms with Crippen LogP contribution in [-0.2, 0) is 4.79 Å². The Morgan fingerprint density at radius 3 is 2.45 bits per heavy atom. The van der Waals surface area contributed by atoms with E-state index in [1.807, 2.05) is 41.3 Å². The fourth-order valence-electron chi connectivity index (χ4n) is 2.71. The summed E-state index contributed by atoms with van der Waals surface area (Å²) in [6.45, 7) is 0.770. The Kier molecular flexibility index (Phi) is 3.79. The molecule has 1 saturated heterocycles. The standard InChI is InChI=1S/C17H17NOS/c19-17-10-13(12-20)11-18(17)16-9-5-4-8-15(16)14-6-2-1-3-7-14/h1-9,13,20H,10-12H2. The maximum atomic E-state index is 12.2. The second kappa shape index (κ2) is 5.71. The van der Waals surface area contributed by atoms with E-state index in [4.69, 9.17) is 0 Å². The molecule has 1 atom stereocenters. The quantitative estimate of drug-likeness (QED) is 0.853. The van der Waals surface area contributed by atoms with Gasteiger partial charge in [0.05, 0.1) is 5.69 Å². The largest absolute Gasteiger partial charge is 0.311 e. The minimum absolute atomic E-state index is 0.201. The molecule has 20 heavy (non-hydrogen) atoms. The molecule has 102 valence electrons. The predicted octanol–water partition coefficient (Wildman–Crippen LogP) is 3.64. The molecular weight excluding hydrogens is 266 g/mol. The Bertz CT molecular complexity index is 611. The summed E-state index contributed by atoms with van der Waals surface area (Å²) >= 11 is 4.33. The third kappa shape index (κ3) is 2.46. The van der Waals surface area contributed by atoms with E-state index in [0.29, 0.717) is 12.3 Å². The maximum Gasteiger partial charge on any atom is 0.227 e. The SMILES string of the molecule is O=C1CC(CS)CN1c1ccccc1-c1ccccc1. The van der Waals surface area contributed by atoms with E-state index >= 15 is 0 Å². The molecule has 0 spiro atoms. The van der Waals surface area contributed by atoms with E-state index in [-0.39, 0.29) is 5.91 Å². The van der Waals surface area contributed by atoms with E-state index < -0.39 is 0 Å². The molecule has 1 heterocycles. The first-order chi connectivity index (χ1) is 9.79. The average molecular weight is 283 g/mol. The molecule has 0 N–H and O–H groups in total. The number of anilines is 1. The highest BCUT2D eigenvalue weighted by atomic mass is 32.1. The van der Waals surface area contributed by atoms with E-state index in [0.717, 1.165) is 29.1 Å². The normalized spacial score (nSPS) is 18.6. The number of amides is 1. The zero-order valence-corrected chi connectivity index (χ0v) is 12.1. The molecular formula is C17H17NOS. The Hall–Kier alpha value is -1.74. The van der Waals surface area contributed by atoms with Gasteiger partial charge in [-0.15, -0.1) is 0 Å². The highest BCUT2D eigenvalue weighted by Gasteiger charge is 2.30. The summed E-state index contributed by atoms with van der Waals surface area (Å²) in [4.78, 5) is 14.1. The highest BCUT2D eigenvalue weighted by Crippen LogP contribution is 2.34. The molecule has 0 radical (unpaired) electrons. The lowest BCUT2D eigenvalue weighted by atomic mass is 10.0. The topological polar surface area (TPSA) is 20.3 Å². The Morgan fingerprint density at radius 2 is 1.75 bits per heavy atom. The van der Waals surface area contributed by atoms with Crippen molar-refractivity contribution < 1.29 is 4.79 Å². The summed E-state index contributed by atoms with van der Waals surface area (Å²) in [5.74, 6) is 1.32. The minimum atomic E-state index is 0.201. The lowest BCUT2D eigenvalue weighted by Crippen LogP contribution is -2.25. The number of para-hydroxylation sites is 1. The molecule has 0 aromatic heterocycles. The molecule has 2 nitrogen and oxygen atoms in total. The van der Waals surface area contributed by atoms with Gasteiger partial charge in [0, 0.05) is 18.5 Å². The van der Waals surface area contributed by atoms with Crippen LogP contribution < -0.4 is 4.90 Å². The molecule has 0 aliphatic carbocycles. The summed E-state index contributed by atoms with van der Waals surface area (Å²) in [6.07, 6.45) is 0.604. The Morgan fingerprint density at radius 1 is 1.05 bits per heavy atom. The average Bonchev–Trinajstić information content (AvgIpc) is 2.89. The molecule has 3 rings (SSSR count). The number of hydrogen-bond donors (Lipinski definition) is 1. The number of nitrogens with zero attached hydrogens (tertiary/aromatic N) is 1. The number of carbonyl (C=O) groups is 1. The van der Waals surface area contributed by atoms with Crippen molar-refractivity contribution in [2.24, 2.45) is 5.92 Å². The number of hydrogen-bond acceptors (Lipinski definition) is 2. The van der Waals surface area contributed by atoms with Crippen molar-refractivity contribution in [1.82, 2.24) is 0 Å². The Labute approximate surface area is 124 Å². The highest BCUT2D eigenvalue weighted by molar-refractivity contribution is 7.80. The molecule has 1 unspecified atom stereocenters. The second-order valence-electron chi connectivity index (χ2n) is 5.14. The van der Waals surface area contributed by atoms with Gasteiger partial charge in [-0.3, -0.25) is 4.79 Å². The summed E-state index contributed by atoms with van der Waals surface area (Å²) in [7, 11) is 0. The van der Waals surface area contributed by atoms with Gasteiger partial charge >= 0.3 is 0 Å². The number of rotatable bonds is 3. The van der Waals surface area contributed by atoms with Crippen molar-refractivity contribution >= 4 is 24.2 Å². The molecule has 0 bridgehead atoms. The van der Waals surface area contributed by atoms with Crippen molar-refractivity contribution in [1.29, 1.82) is 0 Å². The van der Waals surface area contributed by atoms with Crippen molar-refractivity contribution in [3.63, 3.8) is 0 Å². The Balaban J connectivity index is 2.01. The molecule has 3 heteroatoms. The molecule has 1 fully saturated rings. The van der Waals surface area contributed by atoms with Crippen LogP contribution in [-0.4, -0.2) is 18.2 Å². The molecule has 1 amide bonds. The smallest absolute Gasteiger partial charge is 0.227 e. The molecule has 1 aliphatic rings. The zero-order valence-electron chi connectivity index (χ0n) is 11.2. The number of carbonyl (C=O) groups excluding carboxylic acids is 1. The first-order valence-electron chi connectivity index (χ1n) is 6.85. The molecule has 2 aromatic carbocycles. The van der Waals surface area contributed by atoms with Crippen LogP contribution in [0.4, 0.5) is 5.69 Å². The van der Waals surface area contributed by atoms with Gasteiger partial charge in [-0.05, 0) is 23.3 Å². The van der Waals surface area contributed by atoms with E-state index in [9.17, 15) is 4.79 Å². The van der Waals surface area contributed by atoms with Crippen LogP contribution in [0, 0.1) is 5.92 Å². The predicted molar refractivity (Wildman–Crippen MR) is 86.2 cm³/mol. The third-order valence-electron chi connectivity index (χ3n) is 3.74. The van der Waals surface area contributed by atoms with Crippen LogP contribution in [0.5, 0.6) is 0 Å². The van der Waals surface area contributed by atoms with Crippen LogP contribution in [0.15, 0.2) is 54.6 Å². The van der Waals surface area contributed by atoms with Crippen molar-refractivity contribution in [3.8, 4) is 11.1 Å². The van der Waals surface area contributed by atoms with Crippen LogP contribution in [0.2, 0.25) is 0 Å². The van der Waals surface area contributed by atoms with Gasteiger partial charge < -0.3 is 4.90 Å². The van der Waals surface area contributed by atoms with Crippen LogP contribution in [0.3, 0.4) is 0 Å². The van der Waals surface area contributed by atoms with Gasteiger partial charge in [0.1, 0.15) is 0 Å². The van der Waals surface area contributed by atoms with E-state index in [1.165, 1.54) is 0 Å². The van der Waals surface area contributed by atoms with Gasteiger partial charge in [0.25, 0.3) is 0 Å². The molecule has 0 saturated carbocycles. The van der Waals surface area contributed by atoms with Crippen LogP contribution >= 0.6 is 12.6 Å². The van der Waals surface area contributed by atoms with E-state index in [1.54, 1.807) is 0 Å². The van der Waals surface area contributed by atoms with Crippen molar-refractivity contribution in [3.05, 3.63) is 54.6 Å². The van der Waals surface area contributed by atoms with Gasteiger partial charge in [-0.1, -0.05) is 48.5 Å². The van der Waals surface area contributed by atoms with Gasteiger partial charge in [-0.2, -0.15) is 12.6 Å². The fourth-order valence-corrected chi connectivity index (χ4v) is 2.95. The first-order valence-corrected chi connectivity index (χ1v) is 7.48. The number of thiol groups is 1. The summed E-state index contributed by atoms with van der Waals surface area (Å²) in [5.41, 5.74) is 3.26. The lowest BCUT2D eigenvalue weighted by molar-refractivity contribution is -0.117. The summed E-state index contributed by atoms with van der Waals surface area (Å²) in [5, 5.41) is 0. The lowest BCUT2D eigenvalue weighted by Gasteiger charge is -2.20. The maximum absolute atomic E-state index is 12.2. The monoisotopic (exact) mass is 283 g/mol. The van der Waals surface area contributed by atoms with Gasteiger partial charge in [-0.25, -0.2) is 0 Å². The van der Waals surface area contributed by atoms with Gasteiger partial charge in [0.15, 0.2) is 0 Å². The minimum Gasteiger partial charge on any atom is -0.311 e. The summed E-state index contributed by atoms with van der Waals surface area (Å²) in [6, 6.07) is 18.3. The summed E-state index contributed by atoms with van der Waals surface area (Å²) < 4.78 is 0. The van der Waals surface area contributed by atoms with Crippen molar-refractivity contribution in [2.45, 2.75) is 6.42 Å². The second-order valence-corrected chi connectivity index (χ2v) is 5.51. The number of benzene rings is 2. The zero-order chi connectivity index (χ0) is 13.9. The van der Waals surface area contributed by atoms with E-state index in [2.05, 4.69) is 30.8 Å². The van der Waals surface area contributed by atoms with Gasteiger partial charge in [0.2, 0.25) is 5.91 Å². The van der Waals surface area contributed by atoms with Crippen LogP contribution in [0.1, 0.15) is 6.42 Å². The van der Waals surface area contributed by atoms with Crippen LogP contribution in [0.25, 0.3) is 11.1 Å². The first kappa shape index (κ1) is 13.3. The molecule has 2 aromatic rings. The van der Waals surface area contributed by atoms with Crippen molar-refractivity contribution in [2.75, 3.05) is 17.2 Å². The fraction of sp³-hybridized carbons (Fsp3) is 0.235. The molecule has 1 aliphatic heterocycles. The third-order valence-corrected chi connectivity index (χ3v) is 4.26.